The molecule has 4 nitrogen and oxygen atoms in total. The maximum Gasteiger partial charge on any atom is 0.257 e. The monoisotopic (exact) mass is 318 g/mol. The Labute approximate surface area is 141 Å². The Morgan fingerprint density at radius 3 is 2.50 bits per heavy atom. The topological polar surface area (TPSA) is 51.2 Å². The Hall–Kier alpha value is -3.14. The lowest BCUT2D eigenvalue weighted by Crippen LogP contribution is -2.16. The summed E-state index contributed by atoms with van der Waals surface area (Å²) in [5.41, 5.74) is 2.45. The molecule has 1 heterocycles. The number of rotatable bonds is 5. The van der Waals surface area contributed by atoms with Crippen LogP contribution in [0.3, 0.4) is 0 Å². The number of aromatic nitrogens is 1. The molecule has 0 bridgehead atoms. The molecule has 0 aliphatic heterocycles. The lowest BCUT2D eigenvalue weighted by Gasteiger charge is -2.11. The number of hydrogen-bond donors (Lipinski definition) is 1. The molecule has 120 valence electrons. The van der Waals surface area contributed by atoms with Crippen molar-refractivity contribution < 1.29 is 9.53 Å². The third-order valence-electron chi connectivity index (χ3n) is 3.55. The van der Waals surface area contributed by atoms with Gasteiger partial charge in [0.1, 0.15) is 18.2 Å². The number of para-hydroxylation sites is 1. The molecule has 0 saturated carbocycles. The molecule has 1 amide bonds. The van der Waals surface area contributed by atoms with Crippen molar-refractivity contribution in [3.63, 3.8) is 0 Å². The summed E-state index contributed by atoms with van der Waals surface area (Å²) in [6, 6.07) is 20.6. The molecular formula is C20H18N2O2. The highest BCUT2D eigenvalue weighted by Gasteiger charge is 2.12. The molecule has 1 aromatic heterocycles. The van der Waals surface area contributed by atoms with Crippen LogP contribution in [0.15, 0.2) is 72.9 Å². The minimum Gasteiger partial charge on any atom is -0.489 e. The number of nitrogens with zero attached hydrogens (tertiary/aromatic N) is 1. The van der Waals surface area contributed by atoms with Crippen LogP contribution in [0.25, 0.3) is 0 Å². The molecule has 4 heteroatoms. The van der Waals surface area contributed by atoms with Gasteiger partial charge in [0, 0.05) is 17.3 Å². The quantitative estimate of drug-likeness (QED) is 0.766. The third-order valence-corrected chi connectivity index (χ3v) is 3.55. The molecule has 3 rings (SSSR count). The van der Waals surface area contributed by atoms with E-state index in [2.05, 4.69) is 10.3 Å². The highest BCUT2D eigenvalue weighted by molar-refractivity contribution is 6.04. The van der Waals surface area contributed by atoms with Gasteiger partial charge in [-0.2, -0.15) is 0 Å². The fourth-order valence-corrected chi connectivity index (χ4v) is 2.27. The average Bonchev–Trinajstić information content (AvgIpc) is 2.63. The fraction of sp³-hybridized carbons (Fsp3) is 0.100. The Morgan fingerprint density at radius 2 is 1.75 bits per heavy atom. The van der Waals surface area contributed by atoms with Gasteiger partial charge in [0.15, 0.2) is 0 Å². The zero-order chi connectivity index (χ0) is 16.8. The van der Waals surface area contributed by atoms with Gasteiger partial charge in [-0.1, -0.05) is 42.5 Å². The molecule has 0 atom stereocenters. The molecule has 0 spiro atoms. The number of carbonyl (C=O) groups is 1. The Bertz CT molecular complexity index is 815. The second kappa shape index (κ2) is 7.42. The molecular weight excluding hydrogens is 300 g/mol. The molecule has 0 fully saturated rings. The number of ether oxygens (including phenoxy) is 1. The highest BCUT2D eigenvalue weighted by atomic mass is 16.5. The second-order valence-corrected chi connectivity index (χ2v) is 5.43. The normalized spacial score (nSPS) is 10.2. The van der Waals surface area contributed by atoms with Crippen LogP contribution in [-0.4, -0.2) is 10.9 Å². The van der Waals surface area contributed by atoms with Gasteiger partial charge in [-0.15, -0.1) is 0 Å². The largest absolute Gasteiger partial charge is 0.489 e. The van der Waals surface area contributed by atoms with E-state index < -0.39 is 0 Å². The molecule has 1 N–H and O–H groups in total. The van der Waals surface area contributed by atoms with Crippen molar-refractivity contribution in [2.45, 2.75) is 13.5 Å². The first-order valence-corrected chi connectivity index (χ1v) is 7.72. The smallest absolute Gasteiger partial charge is 0.257 e. The van der Waals surface area contributed by atoms with E-state index in [1.807, 2.05) is 61.5 Å². The van der Waals surface area contributed by atoms with E-state index in [0.717, 1.165) is 16.9 Å². The number of carbonyl (C=O) groups excluding carboxylic acids is 1. The number of pyridine rings is 1. The van der Waals surface area contributed by atoms with Gasteiger partial charge in [-0.3, -0.25) is 4.79 Å². The van der Waals surface area contributed by atoms with Gasteiger partial charge in [-0.05, 0) is 36.8 Å². The first-order valence-electron chi connectivity index (χ1n) is 7.72. The lowest BCUT2D eigenvalue weighted by molar-refractivity contribution is 0.102. The second-order valence-electron chi connectivity index (χ2n) is 5.43. The minimum absolute atomic E-state index is 0.196. The van der Waals surface area contributed by atoms with Crippen LogP contribution in [0.2, 0.25) is 0 Å². The van der Waals surface area contributed by atoms with Crippen LogP contribution in [0.5, 0.6) is 5.75 Å². The van der Waals surface area contributed by atoms with Crippen molar-refractivity contribution in [3.05, 3.63) is 89.6 Å². The first-order chi connectivity index (χ1) is 11.7. The van der Waals surface area contributed by atoms with E-state index in [4.69, 9.17) is 4.74 Å². The van der Waals surface area contributed by atoms with Crippen molar-refractivity contribution in [2.75, 3.05) is 5.32 Å². The van der Waals surface area contributed by atoms with E-state index in [-0.39, 0.29) is 5.91 Å². The summed E-state index contributed by atoms with van der Waals surface area (Å²) in [6.07, 6.45) is 1.72. The molecule has 0 aliphatic carbocycles. The first kappa shape index (κ1) is 15.7. The van der Waals surface area contributed by atoms with E-state index in [1.165, 1.54) is 0 Å². The summed E-state index contributed by atoms with van der Waals surface area (Å²) in [4.78, 5) is 16.7. The predicted molar refractivity (Wildman–Crippen MR) is 94.1 cm³/mol. The summed E-state index contributed by atoms with van der Waals surface area (Å²) in [5.74, 6) is 1.11. The number of hydrogen-bond acceptors (Lipinski definition) is 3. The molecule has 0 unspecified atom stereocenters. The molecule has 0 aliphatic rings. The van der Waals surface area contributed by atoms with E-state index >= 15 is 0 Å². The lowest BCUT2D eigenvalue weighted by atomic mass is 10.1. The molecule has 2 aromatic carbocycles. The highest BCUT2D eigenvalue weighted by Crippen LogP contribution is 2.16. The van der Waals surface area contributed by atoms with Crippen molar-refractivity contribution in [1.29, 1.82) is 0 Å². The van der Waals surface area contributed by atoms with Crippen molar-refractivity contribution in [2.24, 2.45) is 0 Å². The third kappa shape index (κ3) is 3.98. The van der Waals surface area contributed by atoms with Crippen LogP contribution >= 0.6 is 0 Å². The standard InChI is InChI=1S/C20H18N2O2/c1-15-11-12-19(21-13-15)22-20(23)18-10-6-5-7-16(18)14-24-17-8-3-2-4-9-17/h2-13H,14H2,1H3,(H,21,22,23). The summed E-state index contributed by atoms with van der Waals surface area (Å²) < 4.78 is 5.75. The zero-order valence-electron chi connectivity index (χ0n) is 13.4. The number of amides is 1. The van der Waals surface area contributed by atoms with E-state index in [1.54, 1.807) is 18.3 Å². The fourth-order valence-electron chi connectivity index (χ4n) is 2.27. The predicted octanol–water partition coefficient (Wildman–Crippen LogP) is 4.22. The SMILES string of the molecule is Cc1ccc(NC(=O)c2ccccc2COc2ccccc2)nc1. The number of benzene rings is 2. The maximum absolute atomic E-state index is 12.5. The zero-order valence-corrected chi connectivity index (χ0v) is 13.4. The van der Waals surface area contributed by atoms with Crippen LogP contribution in [0.4, 0.5) is 5.82 Å². The molecule has 0 radical (unpaired) electrons. The minimum atomic E-state index is -0.196. The van der Waals surface area contributed by atoms with E-state index in [9.17, 15) is 4.79 Å². The number of anilines is 1. The van der Waals surface area contributed by atoms with Crippen molar-refractivity contribution in [1.82, 2.24) is 4.98 Å². The van der Waals surface area contributed by atoms with Gasteiger partial charge in [0.05, 0.1) is 0 Å². The Morgan fingerprint density at radius 1 is 1.00 bits per heavy atom. The molecule has 24 heavy (non-hydrogen) atoms. The Kier molecular flexibility index (Phi) is 4.87. The summed E-state index contributed by atoms with van der Waals surface area (Å²) >= 11 is 0. The van der Waals surface area contributed by atoms with Crippen molar-refractivity contribution in [3.8, 4) is 5.75 Å². The Balaban J connectivity index is 1.73. The van der Waals surface area contributed by atoms with Crippen molar-refractivity contribution >= 4 is 11.7 Å². The van der Waals surface area contributed by atoms with Crippen LogP contribution in [0.1, 0.15) is 21.5 Å². The van der Waals surface area contributed by atoms with E-state index in [0.29, 0.717) is 18.0 Å². The van der Waals surface area contributed by atoms with Crippen LogP contribution < -0.4 is 10.1 Å². The maximum atomic E-state index is 12.5. The summed E-state index contributed by atoms with van der Waals surface area (Å²) in [6.45, 7) is 2.28. The van der Waals surface area contributed by atoms with Gasteiger partial charge < -0.3 is 10.1 Å². The van der Waals surface area contributed by atoms with Crippen LogP contribution in [0, 0.1) is 6.92 Å². The number of nitrogens with one attached hydrogen (secondary N) is 1. The molecule has 3 aromatic rings. The van der Waals surface area contributed by atoms with Crippen LogP contribution in [-0.2, 0) is 6.61 Å². The summed E-state index contributed by atoms with van der Waals surface area (Å²) in [5, 5.41) is 2.82. The van der Waals surface area contributed by atoms with Gasteiger partial charge in [0.25, 0.3) is 5.91 Å². The number of aryl methyl sites for hydroxylation is 1. The summed E-state index contributed by atoms with van der Waals surface area (Å²) in [7, 11) is 0. The average molecular weight is 318 g/mol. The molecule has 0 saturated heterocycles. The van der Waals surface area contributed by atoms with Gasteiger partial charge >= 0.3 is 0 Å². The van der Waals surface area contributed by atoms with Gasteiger partial charge in [0.2, 0.25) is 0 Å². The van der Waals surface area contributed by atoms with Gasteiger partial charge in [-0.25, -0.2) is 4.98 Å².